The molecule has 2 unspecified atom stereocenters. The van der Waals surface area contributed by atoms with Gasteiger partial charge in [0.15, 0.2) is 0 Å². The van der Waals surface area contributed by atoms with Gasteiger partial charge in [0.2, 0.25) is 0 Å². The quantitative estimate of drug-likeness (QED) is 0.0201. The van der Waals surface area contributed by atoms with Crippen LogP contribution in [-0.4, -0.2) is 70.7 Å². The van der Waals surface area contributed by atoms with Gasteiger partial charge >= 0.3 is 5.97 Å². The molecule has 0 aromatic carbocycles. The zero-order valence-corrected chi connectivity index (χ0v) is 36.6. The van der Waals surface area contributed by atoms with Gasteiger partial charge in [-0.05, 0) is 51.4 Å². The van der Waals surface area contributed by atoms with E-state index in [9.17, 15) is 14.3 Å². The van der Waals surface area contributed by atoms with Gasteiger partial charge in [0.25, 0.3) is 7.82 Å². The van der Waals surface area contributed by atoms with Crippen LogP contribution in [0.4, 0.5) is 0 Å². The highest BCUT2D eigenvalue weighted by Crippen LogP contribution is 2.38. The topological polar surface area (TPSA) is 94.1 Å². The fourth-order valence-corrected chi connectivity index (χ4v) is 6.50. The summed E-state index contributed by atoms with van der Waals surface area (Å²) in [5, 5.41) is 0. The lowest BCUT2D eigenvalue weighted by molar-refractivity contribution is -0.870. The van der Waals surface area contributed by atoms with Crippen LogP contribution in [0, 0.1) is 0 Å². The molecule has 0 heterocycles. The largest absolute Gasteiger partial charge is 0.756 e. The highest BCUT2D eigenvalue weighted by atomic mass is 31.2. The first-order valence-electron chi connectivity index (χ1n) is 21.9. The molecule has 0 radical (unpaired) electrons. The predicted octanol–water partition coefficient (Wildman–Crippen LogP) is 12.1. The molecule has 0 aliphatic heterocycles. The van der Waals surface area contributed by atoms with E-state index in [0.717, 1.165) is 70.6 Å². The van der Waals surface area contributed by atoms with E-state index in [0.29, 0.717) is 24.1 Å². The van der Waals surface area contributed by atoms with E-state index in [2.05, 4.69) is 62.5 Å². The summed E-state index contributed by atoms with van der Waals surface area (Å²) in [7, 11) is 1.34. The number of phosphoric acid groups is 1. The first-order chi connectivity index (χ1) is 26.1. The van der Waals surface area contributed by atoms with Gasteiger partial charge < -0.3 is 27.9 Å². The van der Waals surface area contributed by atoms with Crippen LogP contribution < -0.4 is 4.89 Å². The van der Waals surface area contributed by atoms with Crippen molar-refractivity contribution in [2.75, 3.05) is 54.1 Å². The van der Waals surface area contributed by atoms with Crippen LogP contribution in [0.1, 0.15) is 174 Å². The summed E-state index contributed by atoms with van der Waals surface area (Å²) in [5.74, 6) is -0.342. The summed E-state index contributed by atoms with van der Waals surface area (Å²) in [6, 6.07) is 0. The number of likely N-dealkylation sites (N-methyl/N-ethyl adjacent to an activating group) is 1. The highest BCUT2D eigenvalue weighted by Gasteiger charge is 2.20. The van der Waals surface area contributed by atoms with Crippen molar-refractivity contribution in [3.63, 3.8) is 0 Å². The second kappa shape index (κ2) is 38.3. The van der Waals surface area contributed by atoms with Crippen molar-refractivity contribution in [3.05, 3.63) is 48.6 Å². The third kappa shape index (κ3) is 41.6. The normalized spacial score (nSPS) is 14.3. The van der Waals surface area contributed by atoms with Gasteiger partial charge in [-0.2, -0.15) is 0 Å². The minimum Gasteiger partial charge on any atom is -0.756 e. The van der Waals surface area contributed by atoms with Crippen molar-refractivity contribution in [1.29, 1.82) is 0 Å². The Morgan fingerprint density at radius 2 is 1.07 bits per heavy atom. The van der Waals surface area contributed by atoms with E-state index in [1.54, 1.807) is 0 Å². The molecule has 316 valence electrons. The Bertz CT molecular complexity index is 1000. The standard InChI is InChI=1S/C45H84NO7P/c1-6-8-10-12-14-16-18-20-22-23-24-25-27-29-31-33-35-37-40-50-42-44(43-52-54(48,49)51-41-39-46(3,4)5)53-45(47)38-36-34-32-30-28-26-21-19-17-15-13-11-9-7-2/h8,10,14,16,20,22,24-25,44H,6-7,9,11-13,15,17-19,21,23,26-43H2,1-5H3/b10-8-,16-14-,22-20-,25-24-. The number of carbonyl (C=O) groups is 1. The van der Waals surface area contributed by atoms with Gasteiger partial charge in [-0.15, -0.1) is 0 Å². The molecule has 0 amide bonds. The average molecular weight is 782 g/mol. The van der Waals surface area contributed by atoms with E-state index in [1.807, 2.05) is 21.1 Å². The van der Waals surface area contributed by atoms with Crippen molar-refractivity contribution in [3.8, 4) is 0 Å². The Morgan fingerprint density at radius 1 is 0.593 bits per heavy atom. The third-order valence-electron chi connectivity index (χ3n) is 9.14. The lowest BCUT2D eigenvalue weighted by atomic mass is 10.0. The predicted molar refractivity (Wildman–Crippen MR) is 226 cm³/mol. The summed E-state index contributed by atoms with van der Waals surface area (Å²) in [6.45, 7) is 5.26. The summed E-state index contributed by atoms with van der Waals surface area (Å²) in [4.78, 5) is 25.0. The SMILES string of the molecule is CC/C=C\C/C=C\C/C=C\C/C=C\CCCCCCCOCC(COP(=O)([O-])OCC[N+](C)(C)C)OC(=O)CCCCCCCCCCCCCCCC. The Labute approximate surface area is 333 Å². The minimum absolute atomic E-state index is 0.0216. The van der Waals surface area contributed by atoms with Crippen molar-refractivity contribution >= 4 is 13.8 Å². The molecule has 0 saturated carbocycles. The summed E-state index contributed by atoms with van der Waals surface area (Å²) in [5.41, 5.74) is 0. The van der Waals surface area contributed by atoms with Crippen LogP contribution in [0.5, 0.6) is 0 Å². The molecule has 0 N–H and O–H groups in total. The molecular weight excluding hydrogens is 697 g/mol. The Hall–Kier alpha value is -1.54. The van der Waals surface area contributed by atoms with Gasteiger partial charge in [0.05, 0.1) is 34.4 Å². The van der Waals surface area contributed by atoms with E-state index in [-0.39, 0.29) is 25.8 Å². The van der Waals surface area contributed by atoms with E-state index in [4.69, 9.17) is 18.5 Å². The van der Waals surface area contributed by atoms with E-state index >= 15 is 0 Å². The number of unbranched alkanes of at least 4 members (excludes halogenated alkanes) is 18. The molecule has 0 aromatic rings. The van der Waals surface area contributed by atoms with Crippen molar-refractivity contribution in [1.82, 2.24) is 0 Å². The molecule has 0 fully saturated rings. The minimum atomic E-state index is -4.53. The number of nitrogens with zero attached hydrogens (tertiary/aromatic N) is 1. The van der Waals surface area contributed by atoms with Gasteiger partial charge in [-0.25, -0.2) is 0 Å². The molecule has 0 bridgehead atoms. The fraction of sp³-hybridized carbons (Fsp3) is 0.800. The number of esters is 1. The number of ether oxygens (including phenoxy) is 2. The highest BCUT2D eigenvalue weighted by molar-refractivity contribution is 7.45. The fourth-order valence-electron chi connectivity index (χ4n) is 5.77. The molecule has 0 rings (SSSR count). The number of allylic oxidation sites excluding steroid dienone is 8. The number of hydrogen-bond acceptors (Lipinski definition) is 7. The smallest absolute Gasteiger partial charge is 0.306 e. The lowest BCUT2D eigenvalue weighted by Gasteiger charge is -2.28. The number of rotatable bonds is 40. The van der Waals surface area contributed by atoms with Gasteiger partial charge in [0.1, 0.15) is 19.3 Å². The summed E-state index contributed by atoms with van der Waals surface area (Å²) >= 11 is 0. The Morgan fingerprint density at radius 3 is 1.61 bits per heavy atom. The molecule has 2 atom stereocenters. The van der Waals surface area contributed by atoms with Crippen LogP contribution in [0.15, 0.2) is 48.6 Å². The molecule has 0 saturated heterocycles. The zero-order chi connectivity index (χ0) is 39.9. The van der Waals surface area contributed by atoms with Gasteiger partial charge in [-0.3, -0.25) is 9.36 Å². The maximum Gasteiger partial charge on any atom is 0.306 e. The molecule has 54 heavy (non-hydrogen) atoms. The van der Waals surface area contributed by atoms with Gasteiger partial charge in [-0.1, -0.05) is 165 Å². The Balaban J connectivity index is 4.27. The number of phosphoric ester groups is 1. The van der Waals surface area contributed by atoms with Crippen molar-refractivity contribution in [2.45, 2.75) is 180 Å². The Kier molecular flexibility index (Phi) is 37.2. The molecule has 0 spiro atoms. The average Bonchev–Trinajstić information content (AvgIpc) is 3.12. The molecular formula is C45H84NO7P. The van der Waals surface area contributed by atoms with Crippen LogP contribution in [0.25, 0.3) is 0 Å². The molecule has 9 heteroatoms. The first kappa shape index (κ1) is 52.5. The monoisotopic (exact) mass is 782 g/mol. The molecule has 0 aromatic heterocycles. The van der Waals surface area contributed by atoms with Crippen LogP contribution in [0.2, 0.25) is 0 Å². The first-order valence-corrected chi connectivity index (χ1v) is 23.3. The van der Waals surface area contributed by atoms with Crippen molar-refractivity contribution < 1.29 is 37.3 Å². The van der Waals surface area contributed by atoms with Crippen LogP contribution in [-0.2, 0) is 27.9 Å². The van der Waals surface area contributed by atoms with Crippen LogP contribution >= 0.6 is 7.82 Å². The number of quaternary nitrogens is 1. The van der Waals surface area contributed by atoms with Gasteiger partial charge in [0, 0.05) is 13.0 Å². The van der Waals surface area contributed by atoms with E-state index < -0.39 is 13.9 Å². The second-order valence-corrected chi connectivity index (χ2v) is 17.1. The molecule has 0 aliphatic rings. The molecule has 8 nitrogen and oxygen atoms in total. The van der Waals surface area contributed by atoms with Crippen LogP contribution in [0.3, 0.4) is 0 Å². The zero-order valence-electron chi connectivity index (χ0n) is 35.7. The molecule has 0 aliphatic carbocycles. The maximum absolute atomic E-state index is 12.7. The lowest BCUT2D eigenvalue weighted by Crippen LogP contribution is -2.37. The second-order valence-electron chi connectivity index (χ2n) is 15.7. The van der Waals surface area contributed by atoms with E-state index in [1.165, 1.54) is 83.5 Å². The number of hydrogen-bond donors (Lipinski definition) is 0. The summed E-state index contributed by atoms with van der Waals surface area (Å²) < 4.78 is 34.6. The number of carbonyl (C=O) groups excluding carboxylic acids is 1. The maximum atomic E-state index is 12.7. The van der Waals surface area contributed by atoms with Crippen molar-refractivity contribution in [2.24, 2.45) is 0 Å². The third-order valence-corrected chi connectivity index (χ3v) is 10.1. The summed E-state index contributed by atoms with van der Waals surface area (Å²) in [6.07, 6.45) is 45.5.